The first kappa shape index (κ1) is 22.4. The SMILES string of the molecule is CCc1nc(C(N)=O)c(Nc2ccc(C)c([N+](=O)[O-])c2)nc1N[C@H]1CC[C@](C)(O)CC1. The number of anilines is 3. The van der Waals surface area contributed by atoms with E-state index < -0.39 is 16.4 Å². The number of amides is 1. The van der Waals surface area contributed by atoms with Crippen LogP contribution in [0.15, 0.2) is 18.2 Å². The summed E-state index contributed by atoms with van der Waals surface area (Å²) < 4.78 is 0. The van der Waals surface area contributed by atoms with Crippen molar-refractivity contribution < 1.29 is 14.8 Å². The fraction of sp³-hybridized carbons (Fsp3) is 0.476. The highest BCUT2D eigenvalue weighted by Gasteiger charge is 2.29. The number of aliphatic hydroxyl groups is 1. The Morgan fingerprint density at radius 3 is 2.58 bits per heavy atom. The van der Waals surface area contributed by atoms with Crippen LogP contribution in [0.2, 0.25) is 0 Å². The van der Waals surface area contributed by atoms with Crippen LogP contribution < -0.4 is 16.4 Å². The van der Waals surface area contributed by atoms with Gasteiger partial charge in [0.25, 0.3) is 11.6 Å². The molecule has 1 amide bonds. The standard InChI is InChI=1S/C21H28N6O4/c1-4-15-19(23-13-7-9-21(3,29)10-8-13)26-20(17(25-15)18(22)28)24-14-6-5-12(2)16(11-14)27(30)31/h5-6,11,13,29H,4,7-10H2,1-3H3,(H2,22,28)(H2,23,24,26)/t13-,21-. The number of nitrogens with one attached hydrogen (secondary N) is 2. The Morgan fingerprint density at radius 2 is 2.00 bits per heavy atom. The summed E-state index contributed by atoms with van der Waals surface area (Å²) in [6.45, 7) is 5.39. The number of aryl methyl sites for hydroxylation is 2. The molecule has 1 aliphatic rings. The molecule has 0 radical (unpaired) electrons. The molecular weight excluding hydrogens is 400 g/mol. The van der Waals surface area contributed by atoms with Gasteiger partial charge in [-0.15, -0.1) is 0 Å². The summed E-state index contributed by atoms with van der Waals surface area (Å²) in [4.78, 5) is 31.8. The molecule has 1 heterocycles. The Morgan fingerprint density at radius 1 is 1.32 bits per heavy atom. The fourth-order valence-electron chi connectivity index (χ4n) is 3.69. The first-order chi connectivity index (χ1) is 14.6. The molecule has 3 rings (SSSR count). The minimum atomic E-state index is -0.744. The Kier molecular flexibility index (Phi) is 6.40. The number of aromatic nitrogens is 2. The average molecular weight is 428 g/mol. The van der Waals surface area contributed by atoms with Gasteiger partial charge in [0, 0.05) is 23.4 Å². The molecule has 1 aromatic heterocycles. The van der Waals surface area contributed by atoms with Gasteiger partial charge in [-0.25, -0.2) is 9.97 Å². The smallest absolute Gasteiger partial charge is 0.274 e. The Labute approximate surface area is 180 Å². The second kappa shape index (κ2) is 8.84. The van der Waals surface area contributed by atoms with E-state index in [0.717, 1.165) is 12.8 Å². The molecule has 1 aromatic carbocycles. The van der Waals surface area contributed by atoms with Crippen molar-refractivity contribution in [3.63, 3.8) is 0 Å². The summed E-state index contributed by atoms with van der Waals surface area (Å²) in [7, 11) is 0. The van der Waals surface area contributed by atoms with Crippen LogP contribution in [0.5, 0.6) is 0 Å². The van der Waals surface area contributed by atoms with Gasteiger partial charge in [-0.05, 0) is 52.0 Å². The number of benzene rings is 1. The number of nitrogens with two attached hydrogens (primary N) is 1. The molecular formula is C21H28N6O4. The van der Waals surface area contributed by atoms with Crippen LogP contribution in [0.4, 0.5) is 23.0 Å². The highest BCUT2D eigenvalue weighted by molar-refractivity contribution is 5.96. The van der Waals surface area contributed by atoms with Gasteiger partial charge in [0.1, 0.15) is 5.82 Å². The Balaban J connectivity index is 1.93. The second-order valence-electron chi connectivity index (χ2n) is 8.23. The summed E-state index contributed by atoms with van der Waals surface area (Å²) in [6, 6.07) is 4.78. The molecule has 0 unspecified atom stereocenters. The van der Waals surface area contributed by atoms with Gasteiger partial charge in [0.2, 0.25) is 0 Å². The molecule has 5 N–H and O–H groups in total. The first-order valence-corrected chi connectivity index (χ1v) is 10.3. The van der Waals surface area contributed by atoms with Crippen LogP contribution in [0, 0.1) is 17.0 Å². The molecule has 0 atom stereocenters. The molecule has 166 valence electrons. The van der Waals surface area contributed by atoms with Crippen LogP contribution in [-0.2, 0) is 6.42 Å². The number of nitrogens with zero attached hydrogens (tertiary/aromatic N) is 3. The van der Waals surface area contributed by atoms with Gasteiger partial charge >= 0.3 is 0 Å². The number of nitro groups is 1. The zero-order valence-electron chi connectivity index (χ0n) is 17.9. The van der Waals surface area contributed by atoms with Crippen LogP contribution in [0.25, 0.3) is 0 Å². The van der Waals surface area contributed by atoms with E-state index in [0.29, 0.717) is 42.0 Å². The highest BCUT2D eigenvalue weighted by atomic mass is 16.6. The van der Waals surface area contributed by atoms with Crippen molar-refractivity contribution in [1.29, 1.82) is 0 Å². The van der Waals surface area contributed by atoms with Gasteiger partial charge in [-0.2, -0.15) is 0 Å². The highest BCUT2D eigenvalue weighted by Crippen LogP contribution is 2.31. The number of hydrogen-bond acceptors (Lipinski definition) is 8. The van der Waals surface area contributed by atoms with Gasteiger partial charge in [0.05, 0.1) is 16.2 Å². The molecule has 0 saturated heterocycles. The van der Waals surface area contributed by atoms with Crippen molar-refractivity contribution in [3.8, 4) is 0 Å². The molecule has 0 bridgehead atoms. The number of primary amides is 1. The number of rotatable bonds is 7. The summed E-state index contributed by atoms with van der Waals surface area (Å²) in [6.07, 6.45) is 3.45. The van der Waals surface area contributed by atoms with E-state index in [1.54, 1.807) is 19.1 Å². The molecule has 10 heteroatoms. The summed E-state index contributed by atoms with van der Waals surface area (Å²) in [5.74, 6) is -0.0807. The molecule has 10 nitrogen and oxygen atoms in total. The van der Waals surface area contributed by atoms with E-state index >= 15 is 0 Å². The number of nitro benzene ring substituents is 1. The molecule has 1 saturated carbocycles. The van der Waals surface area contributed by atoms with Gasteiger partial charge < -0.3 is 21.5 Å². The number of carbonyl (C=O) groups is 1. The zero-order valence-corrected chi connectivity index (χ0v) is 17.9. The predicted molar refractivity (Wildman–Crippen MR) is 118 cm³/mol. The lowest BCUT2D eigenvalue weighted by Crippen LogP contribution is -2.36. The van der Waals surface area contributed by atoms with Gasteiger partial charge in [-0.1, -0.05) is 13.0 Å². The van der Waals surface area contributed by atoms with Crippen molar-refractivity contribution in [2.24, 2.45) is 5.73 Å². The minimum Gasteiger partial charge on any atom is -0.390 e. The quantitative estimate of drug-likeness (QED) is 0.387. The zero-order chi connectivity index (χ0) is 22.8. The monoisotopic (exact) mass is 428 g/mol. The first-order valence-electron chi connectivity index (χ1n) is 10.3. The number of carbonyl (C=O) groups excluding carboxylic acids is 1. The number of hydrogen-bond donors (Lipinski definition) is 4. The van der Waals surface area contributed by atoms with Crippen LogP contribution >= 0.6 is 0 Å². The van der Waals surface area contributed by atoms with Gasteiger partial charge in [0.15, 0.2) is 11.5 Å². The maximum absolute atomic E-state index is 12.0. The topological polar surface area (TPSA) is 156 Å². The average Bonchev–Trinajstić information content (AvgIpc) is 2.70. The molecule has 1 aliphatic carbocycles. The summed E-state index contributed by atoms with van der Waals surface area (Å²) in [5, 5.41) is 27.8. The van der Waals surface area contributed by atoms with E-state index in [-0.39, 0.29) is 23.2 Å². The van der Waals surface area contributed by atoms with Crippen molar-refractivity contribution in [1.82, 2.24) is 9.97 Å². The van der Waals surface area contributed by atoms with E-state index in [4.69, 9.17) is 5.73 Å². The van der Waals surface area contributed by atoms with Gasteiger partial charge in [-0.3, -0.25) is 14.9 Å². The molecule has 2 aromatic rings. The van der Waals surface area contributed by atoms with Crippen LogP contribution in [-0.4, -0.2) is 37.5 Å². The van der Waals surface area contributed by atoms with Crippen molar-refractivity contribution in [2.75, 3.05) is 10.6 Å². The van der Waals surface area contributed by atoms with Crippen molar-refractivity contribution in [2.45, 2.75) is 64.5 Å². The second-order valence-corrected chi connectivity index (χ2v) is 8.23. The van der Waals surface area contributed by atoms with Crippen LogP contribution in [0.3, 0.4) is 0 Å². The van der Waals surface area contributed by atoms with Crippen molar-refractivity contribution >= 4 is 28.9 Å². The molecule has 0 spiro atoms. The predicted octanol–water partition coefficient (Wildman–Crippen LogP) is 3.20. The summed E-state index contributed by atoms with van der Waals surface area (Å²) >= 11 is 0. The third kappa shape index (κ3) is 5.26. The third-order valence-corrected chi connectivity index (χ3v) is 5.61. The van der Waals surface area contributed by atoms with Crippen molar-refractivity contribution in [3.05, 3.63) is 45.3 Å². The van der Waals surface area contributed by atoms with Crippen LogP contribution in [0.1, 0.15) is 61.3 Å². The van der Waals surface area contributed by atoms with E-state index in [1.807, 2.05) is 13.8 Å². The Bertz CT molecular complexity index is 998. The maximum Gasteiger partial charge on any atom is 0.274 e. The summed E-state index contributed by atoms with van der Waals surface area (Å²) in [5.41, 5.74) is 6.32. The lowest BCUT2D eigenvalue weighted by Gasteiger charge is -2.34. The van der Waals surface area contributed by atoms with E-state index in [2.05, 4.69) is 20.6 Å². The molecule has 31 heavy (non-hydrogen) atoms. The normalized spacial score (nSPS) is 20.8. The Hall–Kier alpha value is -3.27. The maximum atomic E-state index is 12.0. The largest absolute Gasteiger partial charge is 0.390 e. The molecule has 1 fully saturated rings. The van der Waals surface area contributed by atoms with E-state index in [1.165, 1.54) is 6.07 Å². The molecule has 0 aliphatic heterocycles. The third-order valence-electron chi connectivity index (χ3n) is 5.61. The fourth-order valence-corrected chi connectivity index (χ4v) is 3.69. The lowest BCUT2D eigenvalue weighted by molar-refractivity contribution is -0.385. The minimum absolute atomic E-state index is 0.0304. The van der Waals surface area contributed by atoms with E-state index in [9.17, 15) is 20.0 Å². The lowest BCUT2D eigenvalue weighted by atomic mass is 9.83.